The Hall–Kier alpha value is -1.67. The maximum absolute atomic E-state index is 10.8. The molecule has 1 atom stereocenters. The van der Waals surface area contributed by atoms with Crippen molar-refractivity contribution in [1.29, 1.82) is 0 Å². The van der Waals surface area contributed by atoms with Crippen molar-refractivity contribution in [3.63, 3.8) is 0 Å². The van der Waals surface area contributed by atoms with Gasteiger partial charge in [0, 0.05) is 6.07 Å². The number of hydrogen-bond acceptors (Lipinski definition) is 5. The van der Waals surface area contributed by atoms with Gasteiger partial charge in [-0.1, -0.05) is 6.07 Å². The van der Waals surface area contributed by atoms with Gasteiger partial charge in [-0.05, 0) is 48.2 Å². The zero-order valence-electron chi connectivity index (χ0n) is 11.5. The topological polar surface area (TPSA) is 116 Å². The highest BCUT2D eigenvalue weighted by atomic mass is 79.9. The van der Waals surface area contributed by atoms with Crippen LogP contribution in [0.2, 0.25) is 0 Å². The molecule has 0 fully saturated rings. The van der Waals surface area contributed by atoms with Crippen LogP contribution in [0.3, 0.4) is 0 Å². The first-order valence-corrected chi connectivity index (χ1v) is 7.13. The molecule has 0 aromatic heterocycles. The van der Waals surface area contributed by atoms with Crippen molar-refractivity contribution < 1.29 is 19.6 Å². The summed E-state index contributed by atoms with van der Waals surface area (Å²) in [5.41, 5.74) is 4.30. The lowest BCUT2D eigenvalue weighted by Crippen LogP contribution is -2.44. The van der Waals surface area contributed by atoms with E-state index >= 15 is 0 Å². The molecule has 1 rings (SSSR count). The number of hydrogen-bond donors (Lipinski definition) is 2. The van der Waals surface area contributed by atoms with Crippen molar-refractivity contribution in [2.75, 3.05) is 6.61 Å². The maximum Gasteiger partial charge on any atom is 0.323 e. The molecule has 1 aromatic carbocycles. The molecule has 7 nitrogen and oxygen atoms in total. The first-order chi connectivity index (χ1) is 9.75. The Morgan fingerprint density at radius 1 is 1.52 bits per heavy atom. The number of carboxylic acid groups (broad SMARTS) is 1. The smallest absolute Gasteiger partial charge is 0.323 e. The molecule has 1 aromatic rings. The number of aliphatic carboxylic acids is 1. The van der Waals surface area contributed by atoms with Crippen LogP contribution < -0.4 is 10.5 Å². The number of nitro groups is 1. The lowest BCUT2D eigenvalue weighted by atomic mass is 9.97. The Kier molecular flexibility index (Phi) is 6.10. The summed E-state index contributed by atoms with van der Waals surface area (Å²) in [5, 5.41) is 19.6. The number of benzene rings is 1. The van der Waals surface area contributed by atoms with Crippen LogP contribution in [0.25, 0.3) is 0 Å². The maximum atomic E-state index is 10.8. The number of ether oxygens (including phenoxy) is 1. The fraction of sp³-hybridized carbons (Fsp3) is 0.462. The van der Waals surface area contributed by atoms with Crippen molar-refractivity contribution >= 4 is 27.6 Å². The normalized spacial score (nSPS) is 13.5. The highest BCUT2D eigenvalue weighted by molar-refractivity contribution is 9.10. The van der Waals surface area contributed by atoms with Gasteiger partial charge in [-0.15, -0.1) is 0 Å². The molecule has 21 heavy (non-hydrogen) atoms. The summed E-state index contributed by atoms with van der Waals surface area (Å²) in [6.07, 6.45) is 1.53. The van der Waals surface area contributed by atoms with Gasteiger partial charge in [-0.3, -0.25) is 14.9 Å². The lowest BCUT2D eigenvalue weighted by Gasteiger charge is -2.18. The van der Waals surface area contributed by atoms with Gasteiger partial charge in [-0.25, -0.2) is 0 Å². The van der Waals surface area contributed by atoms with Gasteiger partial charge in [0.15, 0.2) is 0 Å². The molecule has 0 spiro atoms. The molecule has 0 saturated heterocycles. The highest BCUT2D eigenvalue weighted by Gasteiger charge is 2.26. The van der Waals surface area contributed by atoms with Crippen molar-refractivity contribution in [2.24, 2.45) is 5.73 Å². The van der Waals surface area contributed by atoms with E-state index in [0.29, 0.717) is 36.1 Å². The van der Waals surface area contributed by atoms with Crippen molar-refractivity contribution in [1.82, 2.24) is 0 Å². The van der Waals surface area contributed by atoms with E-state index in [9.17, 15) is 14.9 Å². The summed E-state index contributed by atoms with van der Waals surface area (Å²) in [7, 11) is 0. The second-order valence-corrected chi connectivity index (χ2v) is 5.67. The number of nitrogens with two attached hydrogens (primary N) is 1. The van der Waals surface area contributed by atoms with E-state index in [2.05, 4.69) is 15.9 Å². The summed E-state index contributed by atoms with van der Waals surface area (Å²) < 4.78 is 5.76. The number of carboxylic acids is 1. The average Bonchev–Trinajstić information content (AvgIpc) is 2.39. The molecule has 0 amide bonds. The van der Waals surface area contributed by atoms with Crippen LogP contribution in [0.15, 0.2) is 22.7 Å². The van der Waals surface area contributed by atoms with E-state index in [1.165, 1.54) is 13.0 Å². The Morgan fingerprint density at radius 2 is 2.19 bits per heavy atom. The number of nitro benzene ring substituents is 1. The molecule has 0 heterocycles. The molecule has 3 N–H and O–H groups in total. The highest BCUT2D eigenvalue weighted by Crippen LogP contribution is 2.33. The van der Waals surface area contributed by atoms with Crippen molar-refractivity contribution in [3.05, 3.63) is 32.8 Å². The van der Waals surface area contributed by atoms with E-state index in [1.54, 1.807) is 12.1 Å². The number of rotatable bonds is 8. The quantitative estimate of drug-likeness (QED) is 0.418. The molecule has 0 saturated carbocycles. The van der Waals surface area contributed by atoms with E-state index in [0.717, 1.165) is 0 Å². The van der Waals surface area contributed by atoms with Crippen LogP contribution in [-0.2, 0) is 4.79 Å². The van der Waals surface area contributed by atoms with Gasteiger partial charge in [0.1, 0.15) is 15.8 Å². The minimum Gasteiger partial charge on any atom is -0.492 e. The van der Waals surface area contributed by atoms with E-state index in [4.69, 9.17) is 15.6 Å². The standard InChI is InChI=1S/C13H17BrN2O5/c1-13(15,12(17)18)7-2-3-8-21-10-6-4-5-9(11(10)14)16(19)20/h4-6H,2-3,7-8,15H2,1H3,(H,17,18). The summed E-state index contributed by atoms with van der Waals surface area (Å²) in [6, 6.07) is 4.55. The van der Waals surface area contributed by atoms with Crippen LogP contribution in [0.4, 0.5) is 5.69 Å². The van der Waals surface area contributed by atoms with Crippen LogP contribution in [0.5, 0.6) is 5.75 Å². The molecular formula is C13H17BrN2O5. The Labute approximate surface area is 130 Å². The third-order valence-corrected chi connectivity index (χ3v) is 3.77. The van der Waals surface area contributed by atoms with Crippen LogP contribution in [0.1, 0.15) is 26.2 Å². The van der Waals surface area contributed by atoms with Gasteiger partial charge in [0.2, 0.25) is 0 Å². The number of nitrogens with zero attached hydrogens (tertiary/aromatic N) is 1. The summed E-state index contributed by atoms with van der Waals surface area (Å²) in [4.78, 5) is 21.1. The van der Waals surface area contributed by atoms with Gasteiger partial charge in [0.05, 0.1) is 11.5 Å². The second kappa shape index (κ2) is 7.37. The minimum absolute atomic E-state index is 0.0621. The van der Waals surface area contributed by atoms with Gasteiger partial charge >= 0.3 is 5.97 Å². The molecular weight excluding hydrogens is 344 g/mol. The predicted molar refractivity (Wildman–Crippen MR) is 80.4 cm³/mol. The third kappa shape index (κ3) is 4.98. The van der Waals surface area contributed by atoms with Crippen LogP contribution in [-0.4, -0.2) is 28.1 Å². The molecule has 116 valence electrons. The second-order valence-electron chi connectivity index (χ2n) is 4.87. The molecule has 0 radical (unpaired) electrons. The Balaban J connectivity index is 2.46. The zero-order valence-corrected chi connectivity index (χ0v) is 13.1. The Morgan fingerprint density at radius 3 is 2.76 bits per heavy atom. The first kappa shape index (κ1) is 17.4. The summed E-state index contributed by atoms with van der Waals surface area (Å²) in [6.45, 7) is 1.79. The van der Waals surface area contributed by atoms with E-state index in [-0.39, 0.29) is 5.69 Å². The molecule has 0 aliphatic heterocycles. The minimum atomic E-state index is -1.24. The lowest BCUT2D eigenvalue weighted by molar-refractivity contribution is -0.385. The molecule has 8 heteroatoms. The van der Waals surface area contributed by atoms with Gasteiger partial charge < -0.3 is 15.6 Å². The predicted octanol–water partition coefficient (Wildman–Crippen LogP) is 2.71. The molecule has 1 unspecified atom stereocenters. The Bertz CT molecular complexity index is 533. The fourth-order valence-corrected chi connectivity index (χ4v) is 2.16. The van der Waals surface area contributed by atoms with Gasteiger partial charge in [0.25, 0.3) is 5.69 Å². The zero-order chi connectivity index (χ0) is 16.0. The third-order valence-electron chi connectivity index (χ3n) is 2.98. The molecule has 0 aliphatic carbocycles. The summed E-state index contributed by atoms with van der Waals surface area (Å²) >= 11 is 3.14. The number of carbonyl (C=O) groups is 1. The number of halogens is 1. The largest absolute Gasteiger partial charge is 0.492 e. The van der Waals surface area contributed by atoms with Crippen LogP contribution >= 0.6 is 15.9 Å². The fourth-order valence-electron chi connectivity index (χ4n) is 1.64. The van der Waals surface area contributed by atoms with E-state index < -0.39 is 16.4 Å². The summed E-state index contributed by atoms with van der Waals surface area (Å²) in [5.74, 6) is -0.650. The number of unbranched alkanes of at least 4 members (excludes halogenated alkanes) is 1. The van der Waals surface area contributed by atoms with Gasteiger partial charge in [-0.2, -0.15) is 0 Å². The van der Waals surface area contributed by atoms with Crippen molar-refractivity contribution in [2.45, 2.75) is 31.7 Å². The average molecular weight is 361 g/mol. The monoisotopic (exact) mass is 360 g/mol. The first-order valence-electron chi connectivity index (χ1n) is 6.33. The van der Waals surface area contributed by atoms with Crippen LogP contribution in [0, 0.1) is 10.1 Å². The van der Waals surface area contributed by atoms with E-state index in [1.807, 2.05) is 0 Å². The molecule has 0 bridgehead atoms. The SMILES string of the molecule is CC(N)(CCCCOc1cccc([N+](=O)[O-])c1Br)C(=O)O. The van der Waals surface area contributed by atoms with Crippen molar-refractivity contribution in [3.8, 4) is 5.75 Å². The molecule has 0 aliphatic rings.